The van der Waals surface area contributed by atoms with Gasteiger partial charge in [-0.05, 0) is 12.1 Å². The Bertz CT molecular complexity index is 418. The largest absolute Gasteiger partial charge is 0.467 e. The Kier molecular flexibility index (Phi) is 3.20. The Morgan fingerprint density at radius 3 is 3.12 bits per heavy atom. The predicted molar refractivity (Wildman–Crippen MR) is 63.3 cm³/mol. The van der Waals surface area contributed by atoms with Gasteiger partial charge >= 0.3 is 0 Å². The predicted octanol–water partition coefficient (Wildman–Crippen LogP) is 1.87. The highest BCUT2D eigenvalue weighted by Gasteiger charge is 2.22. The third-order valence-electron chi connectivity index (χ3n) is 3.01. The van der Waals surface area contributed by atoms with Crippen LogP contribution in [-0.4, -0.2) is 26.5 Å². The number of halogens is 1. The zero-order valence-corrected chi connectivity index (χ0v) is 10.1. The van der Waals surface area contributed by atoms with Gasteiger partial charge in [0.1, 0.15) is 5.75 Å². The molecule has 0 saturated carbocycles. The van der Waals surface area contributed by atoms with E-state index in [1.54, 1.807) is 0 Å². The van der Waals surface area contributed by atoms with Crippen molar-refractivity contribution >= 4 is 11.6 Å². The summed E-state index contributed by atoms with van der Waals surface area (Å²) in [4.78, 5) is 0. The minimum Gasteiger partial charge on any atom is -0.467 e. The molecule has 1 N–H and O–H groups in total. The van der Waals surface area contributed by atoms with Crippen LogP contribution in [0.25, 0.3) is 0 Å². The molecule has 1 atom stereocenters. The van der Waals surface area contributed by atoms with Gasteiger partial charge in [0.25, 0.3) is 0 Å². The quantitative estimate of drug-likeness (QED) is 0.832. The van der Waals surface area contributed by atoms with E-state index in [9.17, 15) is 0 Å². The number of hydrogen-bond acceptors (Lipinski definition) is 4. The minimum atomic E-state index is 0.00740. The molecule has 2 heterocycles. The van der Waals surface area contributed by atoms with E-state index in [2.05, 4.69) is 5.32 Å². The van der Waals surface area contributed by atoms with Crippen molar-refractivity contribution in [2.45, 2.75) is 12.7 Å². The molecule has 0 amide bonds. The van der Waals surface area contributed by atoms with Crippen molar-refractivity contribution in [3.63, 3.8) is 0 Å². The summed E-state index contributed by atoms with van der Waals surface area (Å²) in [6, 6.07) is 3.88. The summed E-state index contributed by atoms with van der Waals surface area (Å²) in [7, 11) is 0. The fourth-order valence-corrected chi connectivity index (χ4v) is 2.43. The maximum absolute atomic E-state index is 6.28. The number of hydrogen-bond donors (Lipinski definition) is 1. The van der Waals surface area contributed by atoms with Gasteiger partial charge in [-0.3, -0.25) is 0 Å². The molecule has 92 valence electrons. The van der Waals surface area contributed by atoms with E-state index in [1.807, 2.05) is 12.1 Å². The molecule has 1 aromatic rings. The molecule has 1 unspecified atom stereocenters. The zero-order chi connectivity index (χ0) is 11.7. The van der Waals surface area contributed by atoms with E-state index >= 15 is 0 Å². The zero-order valence-electron chi connectivity index (χ0n) is 9.37. The molecule has 4 nitrogen and oxygen atoms in total. The van der Waals surface area contributed by atoms with E-state index in [4.69, 9.17) is 25.8 Å². The lowest BCUT2D eigenvalue weighted by atomic mass is 10.0. The molecule has 3 rings (SSSR count). The fourth-order valence-electron chi connectivity index (χ4n) is 2.13. The Labute approximate surface area is 105 Å². The van der Waals surface area contributed by atoms with Crippen molar-refractivity contribution in [2.75, 3.05) is 26.5 Å². The second-order valence-corrected chi connectivity index (χ2v) is 4.56. The van der Waals surface area contributed by atoms with Crippen molar-refractivity contribution in [3.8, 4) is 5.75 Å². The first-order chi connectivity index (χ1) is 8.34. The van der Waals surface area contributed by atoms with Crippen LogP contribution < -0.4 is 10.1 Å². The van der Waals surface area contributed by atoms with Crippen molar-refractivity contribution in [1.29, 1.82) is 0 Å². The maximum atomic E-state index is 6.28. The third kappa shape index (κ3) is 2.26. The molecule has 1 saturated heterocycles. The highest BCUT2D eigenvalue weighted by atomic mass is 35.5. The van der Waals surface area contributed by atoms with Crippen molar-refractivity contribution in [3.05, 3.63) is 28.3 Å². The monoisotopic (exact) mass is 255 g/mol. The molecular formula is C12H14ClNO3. The highest BCUT2D eigenvalue weighted by Crippen LogP contribution is 2.34. The molecule has 17 heavy (non-hydrogen) atoms. The smallest absolute Gasteiger partial charge is 0.189 e. The van der Waals surface area contributed by atoms with Gasteiger partial charge in [0, 0.05) is 29.2 Å². The Hall–Kier alpha value is -0.810. The van der Waals surface area contributed by atoms with Gasteiger partial charge < -0.3 is 19.5 Å². The molecule has 0 spiro atoms. The van der Waals surface area contributed by atoms with Crippen LogP contribution in [0.5, 0.6) is 5.75 Å². The minimum absolute atomic E-state index is 0.00740. The number of benzene rings is 1. The van der Waals surface area contributed by atoms with Crippen molar-refractivity contribution in [1.82, 2.24) is 5.32 Å². The maximum Gasteiger partial charge on any atom is 0.189 e. The molecule has 0 aromatic heterocycles. The van der Waals surface area contributed by atoms with Gasteiger partial charge in [0.15, 0.2) is 6.79 Å². The average molecular weight is 256 g/mol. The van der Waals surface area contributed by atoms with Gasteiger partial charge in [-0.25, -0.2) is 0 Å². The summed E-state index contributed by atoms with van der Waals surface area (Å²) in [5.41, 5.74) is 1.98. The van der Waals surface area contributed by atoms with Crippen LogP contribution in [0.1, 0.15) is 17.2 Å². The summed E-state index contributed by atoms with van der Waals surface area (Å²) in [5, 5.41) is 4.01. The molecule has 2 aliphatic heterocycles. The van der Waals surface area contributed by atoms with Gasteiger partial charge in [0.05, 0.1) is 19.3 Å². The van der Waals surface area contributed by atoms with Gasteiger partial charge in [-0.1, -0.05) is 11.6 Å². The first kappa shape index (κ1) is 11.3. The second-order valence-electron chi connectivity index (χ2n) is 4.16. The highest BCUT2D eigenvalue weighted by molar-refractivity contribution is 6.31. The normalized spacial score (nSPS) is 23.9. The van der Waals surface area contributed by atoms with E-state index in [-0.39, 0.29) is 6.10 Å². The number of nitrogens with one attached hydrogen (secondary N) is 1. The van der Waals surface area contributed by atoms with Crippen LogP contribution in [0.3, 0.4) is 0 Å². The summed E-state index contributed by atoms with van der Waals surface area (Å²) in [6.45, 7) is 3.25. The average Bonchev–Trinajstić information content (AvgIpc) is 2.39. The third-order valence-corrected chi connectivity index (χ3v) is 3.34. The summed E-state index contributed by atoms with van der Waals surface area (Å²) in [6.07, 6.45) is 0.00740. The topological polar surface area (TPSA) is 39.7 Å². The first-order valence-electron chi connectivity index (χ1n) is 5.70. The second kappa shape index (κ2) is 4.82. The van der Waals surface area contributed by atoms with E-state index < -0.39 is 0 Å². The lowest BCUT2D eigenvalue weighted by Gasteiger charge is -2.26. The standard InChI is InChI=1S/C12H14ClNO3/c13-10-3-8-6-15-7-17-11(8)4-9(10)12-5-14-1-2-16-12/h3-4,12,14H,1-2,5-7H2. The first-order valence-corrected chi connectivity index (χ1v) is 6.07. The van der Waals surface area contributed by atoms with Gasteiger partial charge in [0.2, 0.25) is 0 Å². The lowest BCUT2D eigenvalue weighted by molar-refractivity contribution is -0.0170. The van der Waals surface area contributed by atoms with Crippen molar-refractivity contribution < 1.29 is 14.2 Å². The SMILES string of the molecule is Clc1cc2c(cc1C1CNCCO1)OCOC2. The van der Waals surface area contributed by atoms with Crippen LogP contribution in [-0.2, 0) is 16.1 Å². The van der Waals surface area contributed by atoms with Crippen LogP contribution >= 0.6 is 11.6 Å². The Morgan fingerprint density at radius 2 is 2.29 bits per heavy atom. The molecule has 0 radical (unpaired) electrons. The van der Waals surface area contributed by atoms with Crippen LogP contribution in [0, 0.1) is 0 Å². The van der Waals surface area contributed by atoms with Crippen LogP contribution in [0.4, 0.5) is 0 Å². The van der Waals surface area contributed by atoms with E-state index in [0.717, 1.165) is 30.0 Å². The van der Waals surface area contributed by atoms with Crippen molar-refractivity contribution in [2.24, 2.45) is 0 Å². The summed E-state index contributed by atoms with van der Waals surface area (Å²) < 4.78 is 16.4. The van der Waals surface area contributed by atoms with Crippen LogP contribution in [0.15, 0.2) is 12.1 Å². The Balaban J connectivity index is 1.93. The van der Waals surface area contributed by atoms with Crippen LogP contribution in [0.2, 0.25) is 5.02 Å². The number of morpholine rings is 1. The molecule has 0 bridgehead atoms. The lowest BCUT2D eigenvalue weighted by Crippen LogP contribution is -2.33. The van der Waals surface area contributed by atoms with E-state index in [0.29, 0.717) is 25.0 Å². The molecular weight excluding hydrogens is 242 g/mol. The summed E-state index contributed by atoms with van der Waals surface area (Å²) in [5.74, 6) is 0.852. The van der Waals surface area contributed by atoms with E-state index in [1.165, 1.54) is 0 Å². The molecule has 1 aromatic carbocycles. The Morgan fingerprint density at radius 1 is 1.35 bits per heavy atom. The molecule has 1 fully saturated rings. The number of fused-ring (bicyclic) bond motifs is 1. The number of rotatable bonds is 1. The summed E-state index contributed by atoms with van der Waals surface area (Å²) >= 11 is 6.28. The molecule has 0 aliphatic carbocycles. The van der Waals surface area contributed by atoms with Gasteiger partial charge in [-0.15, -0.1) is 0 Å². The van der Waals surface area contributed by atoms with Gasteiger partial charge in [-0.2, -0.15) is 0 Å². The number of ether oxygens (including phenoxy) is 3. The molecule has 2 aliphatic rings. The fraction of sp³-hybridized carbons (Fsp3) is 0.500. The molecule has 5 heteroatoms.